The Morgan fingerprint density at radius 1 is 1.04 bits per heavy atom. The van der Waals surface area contributed by atoms with Gasteiger partial charge in [0.05, 0.1) is 5.54 Å². The molecule has 0 aromatic heterocycles. The zero-order valence-corrected chi connectivity index (χ0v) is 16.6. The SMILES string of the molecule is CC(C)CCC(=O)NN(C(=O)c1ccccc1)C12CC3CC(CC(C3)C1)C2. The van der Waals surface area contributed by atoms with Crippen LogP contribution in [0.3, 0.4) is 0 Å². The van der Waals surface area contributed by atoms with Gasteiger partial charge in [-0.25, -0.2) is 5.01 Å². The standard InChI is InChI=1S/C23H32N2O2/c1-16(2)8-9-21(26)24-25(22(27)20-6-4-3-5-7-20)23-13-17-10-18(14-23)12-19(11-17)15-23/h3-7,16-19H,8-15H2,1-2H3,(H,24,26). The minimum absolute atomic E-state index is 0.0243. The number of hydrazine groups is 1. The van der Waals surface area contributed by atoms with E-state index in [0.29, 0.717) is 17.9 Å². The Kier molecular flexibility index (Phi) is 5.00. The van der Waals surface area contributed by atoms with Crippen LogP contribution in [-0.4, -0.2) is 22.4 Å². The smallest absolute Gasteiger partial charge is 0.272 e. The van der Waals surface area contributed by atoms with Crippen molar-refractivity contribution in [1.82, 2.24) is 10.4 Å². The van der Waals surface area contributed by atoms with Gasteiger partial charge in [0.15, 0.2) is 0 Å². The molecule has 5 rings (SSSR count). The van der Waals surface area contributed by atoms with Gasteiger partial charge >= 0.3 is 0 Å². The topological polar surface area (TPSA) is 49.4 Å². The van der Waals surface area contributed by atoms with Crippen molar-refractivity contribution in [3.05, 3.63) is 35.9 Å². The van der Waals surface area contributed by atoms with Gasteiger partial charge in [-0.3, -0.25) is 15.0 Å². The van der Waals surface area contributed by atoms with Gasteiger partial charge in [-0.15, -0.1) is 0 Å². The van der Waals surface area contributed by atoms with Crippen molar-refractivity contribution < 1.29 is 9.59 Å². The van der Waals surface area contributed by atoms with E-state index in [2.05, 4.69) is 19.3 Å². The summed E-state index contributed by atoms with van der Waals surface area (Å²) in [6.07, 6.45) is 8.39. The number of benzene rings is 1. The average molecular weight is 369 g/mol. The molecule has 4 aliphatic carbocycles. The highest BCUT2D eigenvalue weighted by molar-refractivity contribution is 5.96. The van der Waals surface area contributed by atoms with Crippen LogP contribution < -0.4 is 5.43 Å². The van der Waals surface area contributed by atoms with Crippen molar-refractivity contribution in [2.24, 2.45) is 23.7 Å². The Hall–Kier alpha value is -1.84. The van der Waals surface area contributed by atoms with Crippen molar-refractivity contribution in [3.8, 4) is 0 Å². The Labute approximate surface area is 162 Å². The van der Waals surface area contributed by atoms with Crippen molar-refractivity contribution in [2.45, 2.75) is 70.8 Å². The third-order valence-corrected chi connectivity index (χ3v) is 6.89. The number of nitrogens with zero attached hydrogens (tertiary/aromatic N) is 1. The summed E-state index contributed by atoms with van der Waals surface area (Å²) in [5, 5.41) is 1.77. The average Bonchev–Trinajstić information content (AvgIpc) is 2.63. The van der Waals surface area contributed by atoms with Gasteiger partial charge in [0.25, 0.3) is 5.91 Å². The number of hydrogen-bond donors (Lipinski definition) is 1. The number of nitrogens with one attached hydrogen (secondary N) is 1. The summed E-state index contributed by atoms with van der Waals surface area (Å²) in [4.78, 5) is 26.1. The molecule has 0 spiro atoms. The Bertz CT molecular complexity index is 662. The molecule has 146 valence electrons. The Morgan fingerprint density at radius 2 is 1.59 bits per heavy atom. The van der Waals surface area contributed by atoms with Crippen LogP contribution in [-0.2, 0) is 4.79 Å². The van der Waals surface area contributed by atoms with E-state index < -0.39 is 0 Å². The fraction of sp³-hybridized carbons (Fsp3) is 0.652. The zero-order chi connectivity index (χ0) is 19.0. The van der Waals surface area contributed by atoms with Crippen molar-refractivity contribution in [1.29, 1.82) is 0 Å². The first-order valence-electron chi connectivity index (χ1n) is 10.6. The number of carbonyl (C=O) groups is 2. The molecule has 0 radical (unpaired) electrons. The lowest BCUT2D eigenvalue weighted by atomic mass is 9.52. The fourth-order valence-electron chi connectivity index (χ4n) is 6.03. The van der Waals surface area contributed by atoms with Crippen molar-refractivity contribution >= 4 is 11.8 Å². The molecule has 0 atom stereocenters. The molecular formula is C23H32N2O2. The molecule has 4 fully saturated rings. The molecule has 4 aliphatic rings. The molecule has 4 heteroatoms. The van der Waals surface area contributed by atoms with E-state index in [1.54, 1.807) is 5.01 Å². The molecule has 1 N–H and O–H groups in total. The highest BCUT2D eigenvalue weighted by Crippen LogP contribution is 2.57. The summed E-state index contributed by atoms with van der Waals surface area (Å²) in [6, 6.07) is 9.43. The Morgan fingerprint density at radius 3 is 2.11 bits per heavy atom. The molecule has 27 heavy (non-hydrogen) atoms. The van der Waals surface area contributed by atoms with Crippen molar-refractivity contribution in [3.63, 3.8) is 0 Å². The van der Waals surface area contributed by atoms with Crippen LogP contribution in [0, 0.1) is 23.7 Å². The number of carbonyl (C=O) groups excluding carboxylic acids is 2. The fourth-order valence-corrected chi connectivity index (χ4v) is 6.03. The second kappa shape index (κ2) is 7.29. The number of amides is 2. The van der Waals surface area contributed by atoms with E-state index in [-0.39, 0.29) is 17.4 Å². The summed E-state index contributed by atoms with van der Waals surface area (Å²) in [5.41, 5.74) is 3.55. The first kappa shape index (κ1) is 18.5. The summed E-state index contributed by atoms with van der Waals surface area (Å²) < 4.78 is 0. The van der Waals surface area contributed by atoms with E-state index >= 15 is 0 Å². The molecule has 1 aromatic rings. The second-order valence-electron chi connectivity index (χ2n) is 9.62. The largest absolute Gasteiger partial charge is 0.273 e. The van der Waals surface area contributed by atoms with Crippen LogP contribution >= 0.6 is 0 Å². The van der Waals surface area contributed by atoms with Gasteiger partial charge in [0.1, 0.15) is 0 Å². The van der Waals surface area contributed by atoms with Crippen LogP contribution in [0.1, 0.15) is 75.6 Å². The van der Waals surface area contributed by atoms with Gasteiger partial charge in [0.2, 0.25) is 5.91 Å². The monoisotopic (exact) mass is 368 g/mol. The minimum Gasteiger partial charge on any atom is -0.273 e. The predicted molar refractivity (Wildman–Crippen MR) is 106 cm³/mol. The lowest BCUT2D eigenvalue weighted by molar-refractivity contribution is -0.136. The summed E-state index contributed by atoms with van der Waals surface area (Å²) in [7, 11) is 0. The van der Waals surface area contributed by atoms with E-state index in [1.807, 2.05) is 30.3 Å². The van der Waals surface area contributed by atoms with Crippen LogP contribution in [0.25, 0.3) is 0 Å². The molecule has 4 bridgehead atoms. The zero-order valence-electron chi connectivity index (χ0n) is 16.6. The van der Waals surface area contributed by atoms with Gasteiger partial charge in [0, 0.05) is 12.0 Å². The van der Waals surface area contributed by atoms with E-state index in [9.17, 15) is 9.59 Å². The quantitative estimate of drug-likeness (QED) is 0.774. The second-order valence-corrected chi connectivity index (χ2v) is 9.62. The van der Waals surface area contributed by atoms with Crippen LogP contribution in [0.2, 0.25) is 0 Å². The molecular weight excluding hydrogens is 336 g/mol. The summed E-state index contributed by atoms with van der Waals surface area (Å²) in [5.74, 6) is 2.56. The molecule has 0 unspecified atom stereocenters. The molecule has 0 saturated heterocycles. The molecule has 0 heterocycles. The molecule has 0 aliphatic heterocycles. The maximum absolute atomic E-state index is 13.4. The lowest BCUT2D eigenvalue weighted by Crippen LogP contribution is -2.66. The summed E-state index contributed by atoms with van der Waals surface area (Å²) in [6.45, 7) is 4.25. The molecule has 2 amide bonds. The van der Waals surface area contributed by atoms with Gasteiger partial charge in [-0.05, 0) is 80.8 Å². The van der Waals surface area contributed by atoms with Gasteiger partial charge < -0.3 is 0 Å². The van der Waals surface area contributed by atoms with E-state index in [0.717, 1.165) is 43.4 Å². The van der Waals surface area contributed by atoms with Gasteiger partial charge in [-0.1, -0.05) is 32.0 Å². The number of hydrogen-bond acceptors (Lipinski definition) is 2. The van der Waals surface area contributed by atoms with Crippen LogP contribution in [0.5, 0.6) is 0 Å². The Balaban J connectivity index is 1.60. The third-order valence-electron chi connectivity index (χ3n) is 6.89. The van der Waals surface area contributed by atoms with Gasteiger partial charge in [-0.2, -0.15) is 0 Å². The highest BCUT2D eigenvalue weighted by atomic mass is 16.2. The normalized spacial score (nSPS) is 31.1. The van der Waals surface area contributed by atoms with E-state index in [4.69, 9.17) is 0 Å². The maximum atomic E-state index is 13.4. The first-order chi connectivity index (χ1) is 12.9. The van der Waals surface area contributed by atoms with Crippen LogP contribution in [0.4, 0.5) is 0 Å². The summed E-state index contributed by atoms with van der Waals surface area (Å²) >= 11 is 0. The first-order valence-corrected chi connectivity index (χ1v) is 10.6. The molecule has 4 saturated carbocycles. The lowest BCUT2D eigenvalue weighted by Gasteiger charge is -2.59. The highest BCUT2D eigenvalue weighted by Gasteiger charge is 2.55. The van der Waals surface area contributed by atoms with Crippen LogP contribution in [0.15, 0.2) is 30.3 Å². The van der Waals surface area contributed by atoms with Crippen molar-refractivity contribution in [2.75, 3.05) is 0 Å². The number of rotatable bonds is 5. The predicted octanol–water partition coefficient (Wildman–Crippen LogP) is 4.57. The molecule has 1 aromatic carbocycles. The molecule has 4 nitrogen and oxygen atoms in total. The third kappa shape index (κ3) is 3.76. The minimum atomic E-state index is -0.185. The van der Waals surface area contributed by atoms with E-state index in [1.165, 1.54) is 19.3 Å². The maximum Gasteiger partial charge on any atom is 0.272 e.